The van der Waals surface area contributed by atoms with Gasteiger partial charge in [0.05, 0.1) is 12.7 Å². The van der Waals surface area contributed by atoms with Gasteiger partial charge in [0.15, 0.2) is 0 Å². The fourth-order valence-electron chi connectivity index (χ4n) is 2.45. The Morgan fingerprint density at radius 1 is 1.25 bits per heavy atom. The zero-order chi connectivity index (χ0) is 11.2. The SMILES string of the molecule is CCCC1NOCC(CN2CCCCC2)O1. The summed E-state index contributed by atoms with van der Waals surface area (Å²) in [7, 11) is 0. The van der Waals surface area contributed by atoms with Crippen LogP contribution in [0.15, 0.2) is 0 Å². The molecule has 0 saturated carbocycles. The number of nitrogens with zero attached hydrogens (tertiary/aromatic N) is 1. The van der Waals surface area contributed by atoms with Crippen molar-refractivity contribution >= 4 is 0 Å². The van der Waals surface area contributed by atoms with E-state index in [1.54, 1.807) is 0 Å². The lowest BCUT2D eigenvalue weighted by atomic mass is 10.1. The van der Waals surface area contributed by atoms with Crippen molar-refractivity contribution in [1.82, 2.24) is 10.4 Å². The maximum Gasteiger partial charge on any atom is 0.130 e. The van der Waals surface area contributed by atoms with Gasteiger partial charge >= 0.3 is 0 Å². The highest BCUT2D eigenvalue weighted by molar-refractivity contribution is 4.72. The van der Waals surface area contributed by atoms with Crippen LogP contribution in [-0.4, -0.2) is 43.5 Å². The molecule has 0 aromatic rings. The molecule has 0 aromatic carbocycles. The van der Waals surface area contributed by atoms with E-state index in [0.717, 1.165) is 19.4 Å². The van der Waals surface area contributed by atoms with E-state index >= 15 is 0 Å². The molecule has 0 radical (unpaired) electrons. The van der Waals surface area contributed by atoms with Gasteiger partial charge in [0, 0.05) is 6.54 Å². The summed E-state index contributed by atoms with van der Waals surface area (Å²) < 4.78 is 5.95. The van der Waals surface area contributed by atoms with Gasteiger partial charge in [-0.2, -0.15) is 5.48 Å². The lowest BCUT2D eigenvalue weighted by molar-refractivity contribution is -0.202. The maximum atomic E-state index is 5.95. The molecule has 0 spiro atoms. The van der Waals surface area contributed by atoms with Crippen LogP contribution in [0.25, 0.3) is 0 Å². The number of nitrogens with one attached hydrogen (secondary N) is 1. The smallest absolute Gasteiger partial charge is 0.130 e. The number of likely N-dealkylation sites (tertiary alicyclic amines) is 1. The molecule has 2 aliphatic heterocycles. The number of rotatable bonds is 4. The molecule has 1 N–H and O–H groups in total. The molecular formula is C12H24N2O2. The van der Waals surface area contributed by atoms with E-state index in [4.69, 9.17) is 9.57 Å². The molecule has 2 aliphatic rings. The molecule has 2 rings (SSSR count). The first-order valence-electron chi connectivity index (χ1n) is 6.63. The largest absolute Gasteiger partial charge is 0.354 e. The molecule has 2 unspecified atom stereocenters. The molecule has 0 aliphatic carbocycles. The van der Waals surface area contributed by atoms with Gasteiger partial charge in [0.2, 0.25) is 0 Å². The second-order valence-electron chi connectivity index (χ2n) is 4.83. The molecule has 4 heteroatoms. The van der Waals surface area contributed by atoms with Crippen LogP contribution in [-0.2, 0) is 9.57 Å². The summed E-state index contributed by atoms with van der Waals surface area (Å²) in [6.07, 6.45) is 6.55. The third-order valence-corrected chi connectivity index (χ3v) is 3.30. The van der Waals surface area contributed by atoms with E-state index in [1.807, 2.05) is 0 Å². The summed E-state index contributed by atoms with van der Waals surface area (Å²) in [6.45, 7) is 6.33. The van der Waals surface area contributed by atoms with Crippen molar-refractivity contribution in [1.29, 1.82) is 0 Å². The first-order valence-corrected chi connectivity index (χ1v) is 6.63. The average molecular weight is 228 g/mol. The van der Waals surface area contributed by atoms with Crippen LogP contribution in [0.1, 0.15) is 39.0 Å². The van der Waals surface area contributed by atoms with Crippen LogP contribution in [0.4, 0.5) is 0 Å². The Balaban J connectivity index is 1.71. The fraction of sp³-hybridized carbons (Fsp3) is 1.00. The number of ether oxygens (including phenoxy) is 1. The van der Waals surface area contributed by atoms with Crippen LogP contribution in [0.5, 0.6) is 0 Å². The van der Waals surface area contributed by atoms with Gasteiger partial charge in [0.1, 0.15) is 6.23 Å². The molecule has 94 valence electrons. The minimum Gasteiger partial charge on any atom is -0.354 e. The second-order valence-corrected chi connectivity index (χ2v) is 4.83. The van der Waals surface area contributed by atoms with Crippen LogP contribution < -0.4 is 5.48 Å². The molecule has 4 nitrogen and oxygen atoms in total. The lowest BCUT2D eigenvalue weighted by Gasteiger charge is -2.35. The molecule has 16 heavy (non-hydrogen) atoms. The lowest BCUT2D eigenvalue weighted by Crippen LogP contribution is -2.49. The Morgan fingerprint density at radius 3 is 2.81 bits per heavy atom. The van der Waals surface area contributed by atoms with Gasteiger partial charge in [0.25, 0.3) is 0 Å². The molecule has 2 atom stereocenters. The number of hydrogen-bond donors (Lipinski definition) is 1. The highest BCUT2D eigenvalue weighted by atomic mass is 16.7. The first-order chi connectivity index (χ1) is 7.88. The topological polar surface area (TPSA) is 33.7 Å². The summed E-state index contributed by atoms with van der Waals surface area (Å²) >= 11 is 0. The number of hydroxylamine groups is 1. The zero-order valence-corrected chi connectivity index (χ0v) is 10.3. The highest BCUT2D eigenvalue weighted by Crippen LogP contribution is 2.13. The van der Waals surface area contributed by atoms with Crippen LogP contribution in [0.2, 0.25) is 0 Å². The van der Waals surface area contributed by atoms with Crippen molar-refractivity contribution < 1.29 is 9.57 Å². The highest BCUT2D eigenvalue weighted by Gasteiger charge is 2.24. The Bertz CT molecular complexity index is 193. The number of piperidine rings is 1. The van der Waals surface area contributed by atoms with Gasteiger partial charge in [-0.1, -0.05) is 19.8 Å². The summed E-state index contributed by atoms with van der Waals surface area (Å²) in [5, 5.41) is 0. The Labute approximate surface area is 98.2 Å². The van der Waals surface area contributed by atoms with Gasteiger partial charge in [-0.05, 0) is 32.4 Å². The van der Waals surface area contributed by atoms with Crippen LogP contribution in [0, 0.1) is 0 Å². The van der Waals surface area contributed by atoms with Crippen molar-refractivity contribution in [2.45, 2.75) is 51.4 Å². The Morgan fingerprint density at radius 2 is 2.06 bits per heavy atom. The van der Waals surface area contributed by atoms with E-state index in [-0.39, 0.29) is 12.3 Å². The van der Waals surface area contributed by atoms with Crippen molar-refractivity contribution in [3.63, 3.8) is 0 Å². The minimum absolute atomic E-state index is 0.0912. The van der Waals surface area contributed by atoms with Crippen molar-refractivity contribution in [3.8, 4) is 0 Å². The van der Waals surface area contributed by atoms with E-state index in [9.17, 15) is 0 Å². The Kier molecular flexibility index (Phi) is 5.03. The summed E-state index contributed by atoms with van der Waals surface area (Å²) in [5.41, 5.74) is 2.95. The monoisotopic (exact) mass is 228 g/mol. The fourth-order valence-corrected chi connectivity index (χ4v) is 2.45. The maximum absolute atomic E-state index is 5.95. The summed E-state index contributed by atoms with van der Waals surface area (Å²) in [4.78, 5) is 7.89. The quantitative estimate of drug-likeness (QED) is 0.791. The van der Waals surface area contributed by atoms with Crippen LogP contribution in [0.3, 0.4) is 0 Å². The molecular weight excluding hydrogens is 204 g/mol. The third-order valence-electron chi connectivity index (χ3n) is 3.30. The zero-order valence-electron chi connectivity index (χ0n) is 10.3. The van der Waals surface area contributed by atoms with E-state index < -0.39 is 0 Å². The summed E-state index contributed by atoms with van der Waals surface area (Å²) in [6, 6.07) is 0. The predicted molar refractivity (Wildman–Crippen MR) is 62.9 cm³/mol. The number of hydrogen-bond acceptors (Lipinski definition) is 4. The molecule has 0 aromatic heterocycles. The summed E-state index contributed by atoms with van der Waals surface area (Å²) in [5.74, 6) is 0. The molecule has 2 fully saturated rings. The first kappa shape index (κ1) is 12.3. The van der Waals surface area contributed by atoms with Gasteiger partial charge in [-0.15, -0.1) is 0 Å². The van der Waals surface area contributed by atoms with Crippen molar-refractivity contribution in [3.05, 3.63) is 0 Å². The van der Waals surface area contributed by atoms with Gasteiger partial charge < -0.3 is 9.64 Å². The predicted octanol–water partition coefficient (Wildman–Crippen LogP) is 1.52. The Hall–Kier alpha value is -0.160. The van der Waals surface area contributed by atoms with Crippen molar-refractivity contribution in [2.75, 3.05) is 26.2 Å². The molecule has 0 bridgehead atoms. The van der Waals surface area contributed by atoms with E-state index in [2.05, 4.69) is 17.3 Å². The van der Waals surface area contributed by atoms with E-state index in [0.29, 0.717) is 6.61 Å². The molecule has 2 saturated heterocycles. The minimum atomic E-state index is 0.0912. The normalized spacial score (nSPS) is 32.8. The molecule has 0 amide bonds. The van der Waals surface area contributed by atoms with Crippen LogP contribution >= 0.6 is 0 Å². The van der Waals surface area contributed by atoms with E-state index in [1.165, 1.54) is 32.4 Å². The standard InChI is InChI=1S/C12H24N2O2/c1-2-6-12-13-15-10-11(16-12)9-14-7-4-3-5-8-14/h11-13H,2-10H2,1H3. The van der Waals surface area contributed by atoms with Gasteiger partial charge in [-0.3, -0.25) is 4.84 Å². The van der Waals surface area contributed by atoms with Crippen molar-refractivity contribution in [2.24, 2.45) is 0 Å². The molecule has 2 heterocycles. The second kappa shape index (κ2) is 6.55. The average Bonchev–Trinajstić information content (AvgIpc) is 2.31. The van der Waals surface area contributed by atoms with Gasteiger partial charge in [-0.25, -0.2) is 0 Å². The third kappa shape index (κ3) is 3.70.